The summed E-state index contributed by atoms with van der Waals surface area (Å²) in [4.78, 5) is 10.8. The summed E-state index contributed by atoms with van der Waals surface area (Å²) in [6, 6.07) is 6.89. The monoisotopic (exact) mass is 248 g/mol. The Labute approximate surface area is 106 Å². The molecule has 96 valence electrons. The van der Waals surface area contributed by atoms with Crippen LogP contribution < -0.4 is 0 Å². The first-order valence-electron chi connectivity index (χ1n) is 5.89. The van der Waals surface area contributed by atoms with E-state index in [9.17, 15) is 9.90 Å². The van der Waals surface area contributed by atoms with Crippen LogP contribution in [0.1, 0.15) is 25.0 Å². The van der Waals surface area contributed by atoms with E-state index in [1.165, 1.54) is 6.92 Å². The molecule has 2 rings (SSSR count). The fraction of sp³-hybridized carbons (Fsp3) is 0.357. The second-order valence-electron chi connectivity index (χ2n) is 4.24. The highest BCUT2D eigenvalue weighted by molar-refractivity contribution is 5.65. The van der Waals surface area contributed by atoms with Gasteiger partial charge in [-0.15, -0.1) is 0 Å². The Kier molecular flexibility index (Phi) is 3.99. The maximum atomic E-state index is 10.8. The van der Waals surface area contributed by atoms with Crippen LogP contribution in [0.5, 0.6) is 5.75 Å². The van der Waals surface area contributed by atoms with Crippen LogP contribution in [0.25, 0.3) is 0 Å². The average molecular weight is 248 g/mol. The van der Waals surface area contributed by atoms with Crippen LogP contribution in [-0.2, 0) is 14.3 Å². The van der Waals surface area contributed by atoms with Crippen molar-refractivity contribution in [3.63, 3.8) is 0 Å². The lowest BCUT2D eigenvalue weighted by molar-refractivity contribution is -0.146. The summed E-state index contributed by atoms with van der Waals surface area (Å²) in [5, 5.41) is 9.24. The maximum Gasteiger partial charge on any atom is 0.302 e. The molecule has 4 heteroatoms. The standard InChI is InChI=1S/C14H16O4/c1-10(15)17-9-13-3-2-4-14(18-13)11-5-7-12(16)8-6-11/h2,4-8,13-14,16H,3,9H2,1H3. The first-order valence-corrected chi connectivity index (χ1v) is 5.89. The molecule has 1 aromatic carbocycles. The summed E-state index contributed by atoms with van der Waals surface area (Å²) in [6.07, 6.45) is 4.46. The van der Waals surface area contributed by atoms with E-state index in [0.29, 0.717) is 0 Å². The molecule has 0 amide bonds. The summed E-state index contributed by atoms with van der Waals surface area (Å²) < 4.78 is 10.8. The highest BCUT2D eigenvalue weighted by Crippen LogP contribution is 2.27. The summed E-state index contributed by atoms with van der Waals surface area (Å²) in [7, 11) is 0. The van der Waals surface area contributed by atoms with Gasteiger partial charge in [-0.25, -0.2) is 0 Å². The molecule has 1 N–H and O–H groups in total. The lowest BCUT2D eigenvalue weighted by atomic mass is 10.0. The van der Waals surface area contributed by atoms with Gasteiger partial charge in [0.1, 0.15) is 18.5 Å². The van der Waals surface area contributed by atoms with Crippen molar-refractivity contribution in [1.82, 2.24) is 0 Å². The molecule has 0 aromatic heterocycles. The van der Waals surface area contributed by atoms with Crippen molar-refractivity contribution in [2.45, 2.75) is 25.6 Å². The van der Waals surface area contributed by atoms with E-state index in [0.717, 1.165) is 12.0 Å². The molecule has 1 heterocycles. The van der Waals surface area contributed by atoms with E-state index in [-0.39, 0.29) is 30.5 Å². The minimum absolute atomic E-state index is 0.113. The van der Waals surface area contributed by atoms with Crippen molar-refractivity contribution in [2.75, 3.05) is 6.61 Å². The van der Waals surface area contributed by atoms with Gasteiger partial charge in [-0.05, 0) is 24.1 Å². The highest BCUT2D eigenvalue weighted by atomic mass is 16.6. The zero-order valence-corrected chi connectivity index (χ0v) is 10.2. The molecule has 1 aromatic rings. The van der Waals surface area contributed by atoms with E-state index in [1.807, 2.05) is 24.3 Å². The molecule has 0 radical (unpaired) electrons. The van der Waals surface area contributed by atoms with Crippen LogP contribution in [-0.4, -0.2) is 23.8 Å². The van der Waals surface area contributed by atoms with E-state index >= 15 is 0 Å². The fourth-order valence-electron chi connectivity index (χ4n) is 1.83. The Bertz CT molecular complexity index is 436. The summed E-state index contributed by atoms with van der Waals surface area (Å²) in [5.41, 5.74) is 0.969. The van der Waals surface area contributed by atoms with E-state index in [1.54, 1.807) is 12.1 Å². The topological polar surface area (TPSA) is 55.8 Å². The predicted molar refractivity (Wildman–Crippen MR) is 66.1 cm³/mol. The summed E-state index contributed by atoms with van der Waals surface area (Å²) >= 11 is 0. The number of carbonyl (C=O) groups excluding carboxylic acids is 1. The number of aromatic hydroxyl groups is 1. The van der Waals surface area contributed by atoms with Crippen LogP contribution in [0.15, 0.2) is 36.4 Å². The number of benzene rings is 1. The minimum atomic E-state index is -0.297. The van der Waals surface area contributed by atoms with Crippen molar-refractivity contribution in [1.29, 1.82) is 0 Å². The molecule has 18 heavy (non-hydrogen) atoms. The SMILES string of the molecule is CC(=O)OCC1CC=CC(c2ccc(O)cc2)O1. The van der Waals surface area contributed by atoms with Gasteiger partial charge in [0, 0.05) is 6.92 Å². The molecule has 0 spiro atoms. The number of carbonyl (C=O) groups is 1. The number of phenolic OH excluding ortho intramolecular Hbond substituents is 1. The fourth-order valence-corrected chi connectivity index (χ4v) is 1.83. The molecule has 4 nitrogen and oxygen atoms in total. The Morgan fingerprint density at radius 3 is 2.83 bits per heavy atom. The van der Waals surface area contributed by atoms with Gasteiger partial charge in [0.05, 0.1) is 6.10 Å². The summed E-state index contributed by atoms with van der Waals surface area (Å²) in [6.45, 7) is 1.66. The zero-order valence-electron chi connectivity index (χ0n) is 10.2. The number of esters is 1. The number of hydrogen-bond acceptors (Lipinski definition) is 4. The lowest BCUT2D eigenvalue weighted by Gasteiger charge is -2.25. The van der Waals surface area contributed by atoms with Gasteiger partial charge in [0.15, 0.2) is 0 Å². The molecule has 0 saturated carbocycles. The largest absolute Gasteiger partial charge is 0.508 e. The number of phenols is 1. The average Bonchev–Trinajstić information content (AvgIpc) is 2.37. The molecule has 0 saturated heterocycles. The molecular weight excluding hydrogens is 232 g/mol. The van der Waals surface area contributed by atoms with Crippen LogP contribution in [0.4, 0.5) is 0 Å². The Hall–Kier alpha value is -1.81. The normalized spacial score (nSPS) is 22.7. The molecule has 0 aliphatic carbocycles. The van der Waals surface area contributed by atoms with Crippen molar-refractivity contribution in [2.24, 2.45) is 0 Å². The molecule has 2 unspecified atom stereocenters. The molecular formula is C14H16O4. The smallest absolute Gasteiger partial charge is 0.302 e. The van der Waals surface area contributed by atoms with Crippen LogP contribution in [0, 0.1) is 0 Å². The van der Waals surface area contributed by atoms with E-state index < -0.39 is 0 Å². The molecule has 0 fully saturated rings. The minimum Gasteiger partial charge on any atom is -0.508 e. The second-order valence-corrected chi connectivity index (χ2v) is 4.24. The van der Waals surface area contributed by atoms with Gasteiger partial charge in [0.2, 0.25) is 0 Å². The maximum absolute atomic E-state index is 10.8. The second kappa shape index (κ2) is 5.69. The van der Waals surface area contributed by atoms with Crippen LogP contribution in [0.2, 0.25) is 0 Å². The molecule has 0 bridgehead atoms. The first kappa shape index (κ1) is 12.6. The van der Waals surface area contributed by atoms with E-state index in [4.69, 9.17) is 9.47 Å². The third-order valence-corrected chi connectivity index (χ3v) is 2.74. The Morgan fingerprint density at radius 1 is 1.44 bits per heavy atom. The van der Waals surface area contributed by atoms with Gasteiger partial charge in [-0.1, -0.05) is 24.3 Å². The van der Waals surface area contributed by atoms with Gasteiger partial charge in [0.25, 0.3) is 0 Å². The molecule has 1 aliphatic rings. The number of hydrogen-bond donors (Lipinski definition) is 1. The van der Waals surface area contributed by atoms with Crippen molar-refractivity contribution >= 4 is 5.97 Å². The van der Waals surface area contributed by atoms with Crippen molar-refractivity contribution < 1.29 is 19.4 Å². The lowest BCUT2D eigenvalue weighted by Crippen LogP contribution is -2.25. The van der Waals surface area contributed by atoms with Crippen molar-refractivity contribution in [3.05, 3.63) is 42.0 Å². The van der Waals surface area contributed by atoms with Gasteiger partial charge in [-0.3, -0.25) is 4.79 Å². The number of ether oxygens (including phenoxy) is 2. The number of rotatable bonds is 3. The zero-order chi connectivity index (χ0) is 13.0. The van der Waals surface area contributed by atoms with Crippen LogP contribution >= 0.6 is 0 Å². The Balaban J connectivity index is 1.98. The van der Waals surface area contributed by atoms with E-state index in [2.05, 4.69) is 0 Å². The Morgan fingerprint density at radius 2 is 2.17 bits per heavy atom. The third-order valence-electron chi connectivity index (χ3n) is 2.74. The third kappa shape index (κ3) is 3.34. The molecule has 2 atom stereocenters. The molecule has 1 aliphatic heterocycles. The predicted octanol–water partition coefficient (Wildman–Crippen LogP) is 2.34. The van der Waals surface area contributed by atoms with Gasteiger partial charge in [-0.2, -0.15) is 0 Å². The highest BCUT2D eigenvalue weighted by Gasteiger charge is 2.20. The quantitative estimate of drug-likeness (QED) is 0.659. The first-order chi connectivity index (χ1) is 8.65. The van der Waals surface area contributed by atoms with Crippen molar-refractivity contribution in [3.8, 4) is 5.75 Å². The van der Waals surface area contributed by atoms with Gasteiger partial charge >= 0.3 is 5.97 Å². The van der Waals surface area contributed by atoms with Gasteiger partial charge < -0.3 is 14.6 Å². The van der Waals surface area contributed by atoms with Crippen LogP contribution in [0.3, 0.4) is 0 Å². The summed E-state index contributed by atoms with van der Waals surface area (Å²) in [5.74, 6) is -0.0654.